The van der Waals surface area contributed by atoms with Crippen molar-refractivity contribution in [3.63, 3.8) is 0 Å². The Bertz CT molecular complexity index is 580. The van der Waals surface area contributed by atoms with Crippen LogP contribution in [0.5, 0.6) is 0 Å². The van der Waals surface area contributed by atoms with Gasteiger partial charge in [0.25, 0.3) is 5.56 Å². The van der Waals surface area contributed by atoms with Gasteiger partial charge in [0.2, 0.25) is 0 Å². The smallest absolute Gasteiger partial charge is 0.330 e. The molecule has 1 aromatic rings. The Balaban J connectivity index is 2.48. The van der Waals surface area contributed by atoms with Crippen LogP contribution in [0, 0.1) is 0 Å². The van der Waals surface area contributed by atoms with Gasteiger partial charge in [-0.3, -0.25) is 14.3 Å². The summed E-state index contributed by atoms with van der Waals surface area (Å²) >= 11 is 0. The summed E-state index contributed by atoms with van der Waals surface area (Å²) in [5, 5.41) is 37.7. The molecular formula is C10H14N2O7. The van der Waals surface area contributed by atoms with Crippen molar-refractivity contribution in [3.8, 4) is 0 Å². The van der Waals surface area contributed by atoms with Gasteiger partial charge in [-0.1, -0.05) is 0 Å². The minimum absolute atomic E-state index is 0.628. The number of nitrogens with one attached hydrogen (secondary N) is 1. The first-order valence-electron chi connectivity index (χ1n) is 5.50. The molecule has 1 aliphatic rings. The van der Waals surface area contributed by atoms with Crippen molar-refractivity contribution >= 4 is 0 Å². The summed E-state index contributed by atoms with van der Waals surface area (Å²) in [6.45, 7) is 1.28. The van der Waals surface area contributed by atoms with Gasteiger partial charge in [-0.15, -0.1) is 0 Å². The summed E-state index contributed by atoms with van der Waals surface area (Å²) in [7, 11) is 0. The van der Waals surface area contributed by atoms with E-state index < -0.39 is 41.6 Å². The fraction of sp³-hybridized carbons (Fsp3) is 0.600. The minimum atomic E-state index is -2.02. The van der Waals surface area contributed by atoms with Gasteiger partial charge < -0.3 is 25.2 Å². The van der Waals surface area contributed by atoms with Crippen molar-refractivity contribution in [2.45, 2.75) is 37.3 Å². The van der Waals surface area contributed by atoms with Gasteiger partial charge in [0.05, 0.1) is 0 Å². The summed E-state index contributed by atoms with van der Waals surface area (Å²) in [5.74, 6) is 0. The third-order valence-electron chi connectivity index (χ3n) is 3.18. The number of aromatic amines is 1. The lowest BCUT2D eigenvalue weighted by atomic mass is 10.0. The summed E-state index contributed by atoms with van der Waals surface area (Å²) in [5.41, 5.74) is -3.21. The van der Waals surface area contributed by atoms with Gasteiger partial charge >= 0.3 is 5.69 Å². The van der Waals surface area contributed by atoms with Crippen LogP contribution in [0.25, 0.3) is 0 Å². The van der Waals surface area contributed by atoms with Crippen LogP contribution < -0.4 is 11.2 Å². The topological polar surface area (TPSA) is 145 Å². The van der Waals surface area contributed by atoms with Crippen molar-refractivity contribution in [1.82, 2.24) is 9.55 Å². The van der Waals surface area contributed by atoms with Crippen molar-refractivity contribution in [2.75, 3.05) is 0 Å². The van der Waals surface area contributed by atoms with Crippen LogP contribution in [-0.2, 0) is 10.5 Å². The van der Waals surface area contributed by atoms with Gasteiger partial charge in [-0.25, -0.2) is 4.79 Å². The van der Waals surface area contributed by atoms with Crippen LogP contribution in [0.4, 0.5) is 0 Å². The molecule has 4 atom stereocenters. The molecule has 9 heteroatoms. The molecule has 0 radical (unpaired) electrons. The molecule has 0 bridgehead atoms. The van der Waals surface area contributed by atoms with E-state index in [-0.39, 0.29) is 0 Å². The lowest BCUT2D eigenvalue weighted by molar-refractivity contribution is -0.197. The lowest BCUT2D eigenvalue weighted by Crippen LogP contribution is -2.49. The SMILES string of the molecule is C[C@@]1(n2ccc(=O)[nH]c2=O)O[C@H](C(O)O)[C@@H](O)[C@H]1O. The molecule has 0 spiro atoms. The Labute approximate surface area is 106 Å². The molecule has 1 fully saturated rings. The third-order valence-corrected chi connectivity index (χ3v) is 3.18. The fourth-order valence-electron chi connectivity index (χ4n) is 2.11. The maximum absolute atomic E-state index is 11.7. The first kappa shape index (κ1) is 13.9. The zero-order chi connectivity index (χ0) is 14.4. The highest BCUT2D eigenvalue weighted by Crippen LogP contribution is 2.35. The molecule has 106 valence electrons. The van der Waals surface area contributed by atoms with Crippen molar-refractivity contribution in [2.24, 2.45) is 0 Å². The van der Waals surface area contributed by atoms with Gasteiger partial charge in [0.1, 0.15) is 18.3 Å². The second-order valence-electron chi connectivity index (χ2n) is 4.47. The number of ether oxygens (including phenoxy) is 1. The number of nitrogens with zero attached hydrogens (tertiary/aromatic N) is 1. The predicted octanol–water partition coefficient (Wildman–Crippen LogP) is -3.36. The van der Waals surface area contributed by atoms with E-state index in [0.717, 1.165) is 16.8 Å². The number of aliphatic hydroxyl groups is 4. The minimum Gasteiger partial charge on any atom is -0.387 e. The van der Waals surface area contributed by atoms with Crippen molar-refractivity contribution in [3.05, 3.63) is 33.1 Å². The van der Waals surface area contributed by atoms with Crippen molar-refractivity contribution in [1.29, 1.82) is 0 Å². The van der Waals surface area contributed by atoms with E-state index in [0.29, 0.717) is 0 Å². The first-order valence-corrected chi connectivity index (χ1v) is 5.50. The molecule has 1 saturated heterocycles. The van der Waals surface area contributed by atoms with E-state index in [2.05, 4.69) is 0 Å². The molecule has 0 unspecified atom stereocenters. The number of H-pyrrole nitrogens is 1. The molecular weight excluding hydrogens is 260 g/mol. The zero-order valence-corrected chi connectivity index (χ0v) is 9.92. The molecule has 0 aromatic carbocycles. The standard InChI is InChI=1S/C10H14N2O7/c1-10(12-3-2-4(13)11-9(12)18)7(15)5(14)6(19-10)8(16)17/h2-3,5-8,14-17H,1H3,(H,11,13,18)/t5-,6+,7-,10-/m1/s1. The van der Waals surface area contributed by atoms with Crippen LogP contribution in [0.1, 0.15) is 6.92 Å². The summed E-state index contributed by atoms with van der Waals surface area (Å²) in [6, 6.07) is 1.04. The molecule has 0 saturated carbocycles. The fourth-order valence-corrected chi connectivity index (χ4v) is 2.11. The Morgan fingerprint density at radius 1 is 1.42 bits per heavy atom. The van der Waals surface area contributed by atoms with Crippen molar-refractivity contribution < 1.29 is 25.2 Å². The molecule has 1 aromatic heterocycles. The van der Waals surface area contributed by atoms with Gasteiger partial charge in [0, 0.05) is 12.3 Å². The molecule has 9 nitrogen and oxygen atoms in total. The molecule has 2 heterocycles. The number of rotatable bonds is 2. The highest BCUT2D eigenvalue weighted by atomic mass is 16.6. The summed E-state index contributed by atoms with van der Waals surface area (Å²) in [6.07, 6.45) is -5.58. The monoisotopic (exact) mass is 274 g/mol. The van der Waals surface area contributed by atoms with Crippen LogP contribution in [0.15, 0.2) is 21.9 Å². The maximum atomic E-state index is 11.7. The number of aromatic nitrogens is 2. The Hall–Kier alpha value is -1.52. The third kappa shape index (κ3) is 2.11. The number of hydrogen-bond donors (Lipinski definition) is 5. The largest absolute Gasteiger partial charge is 0.387 e. The van der Waals surface area contributed by atoms with Crippen LogP contribution >= 0.6 is 0 Å². The van der Waals surface area contributed by atoms with E-state index in [4.69, 9.17) is 14.9 Å². The number of aliphatic hydroxyl groups excluding tert-OH is 3. The molecule has 2 rings (SSSR count). The zero-order valence-electron chi connectivity index (χ0n) is 9.92. The van der Waals surface area contributed by atoms with Crippen LogP contribution in [0.2, 0.25) is 0 Å². The highest BCUT2D eigenvalue weighted by molar-refractivity contribution is 5.00. The highest BCUT2D eigenvalue weighted by Gasteiger charge is 2.54. The normalized spacial score (nSPS) is 34.9. The molecule has 0 aliphatic carbocycles. The van der Waals surface area contributed by atoms with Crippen LogP contribution in [-0.4, -0.2) is 54.6 Å². The predicted molar refractivity (Wildman–Crippen MR) is 60.1 cm³/mol. The average Bonchev–Trinajstić information content (AvgIpc) is 2.54. The molecule has 1 aliphatic heterocycles. The van der Waals surface area contributed by atoms with E-state index in [1.54, 1.807) is 0 Å². The molecule has 19 heavy (non-hydrogen) atoms. The van der Waals surface area contributed by atoms with E-state index in [9.17, 15) is 19.8 Å². The average molecular weight is 274 g/mol. The van der Waals surface area contributed by atoms with E-state index >= 15 is 0 Å². The van der Waals surface area contributed by atoms with E-state index in [1.807, 2.05) is 4.98 Å². The van der Waals surface area contributed by atoms with E-state index in [1.165, 1.54) is 6.92 Å². The second-order valence-corrected chi connectivity index (χ2v) is 4.47. The van der Waals surface area contributed by atoms with Gasteiger partial charge in [-0.2, -0.15) is 0 Å². The Kier molecular flexibility index (Phi) is 3.32. The van der Waals surface area contributed by atoms with Crippen LogP contribution in [0.3, 0.4) is 0 Å². The Morgan fingerprint density at radius 2 is 2.05 bits per heavy atom. The first-order chi connectivity index (χ1) is 8.77. The summed E-state index contributed by atoms with van der Waals surface area (Å²) in [4.78, 5) is 24.6. The number of hydrogen-bond acceptors (Lipinski definition) is 7. The molecule has 5 N–H and O–H groups in total. The van der Waals surface area contributed by atoms with Gasteiger partial charge in [-0.05, 0) is 6.92 Å². The Morgan fingerprint density at radius 3 is 2.53 bits per heavy atom. The maximum Gasteiger partial charge on any atom is 0.330 e. The lowest BCUT2D eigenvalue weighted by Gasteiger charge is -2.29. The molecule has 0 amide bonds. The second kappa shape index (κ2) is 4.54. The quantitative estimate of drug-likeness (QED) is 0.354. The summed E-state index contributed by atoms with van der Waals surface area (Å²) < 4.78 is 6.05. The van der Waals surface area contributed by atoms with Gasteiger partial charge in [0.15, 0.2) is 12.0 Å².